The monoisotopic (exact) mass is 326 g/mol. The van der Waals surface area contributed by atoms with Crippen LogP contribution >= 0.6 is 0 Å². The Bertz CT molecular complexity index is 574. The maximum atomic E-state index is 13.5. The van der Waals surface area contributed by atoms with Crippen LogP contribution in [0.3, 0.4) is 0 Å². The Morgan fingerprint density at radius 2 is 1.91 bits per heavy atom. The van der Waals surface area contributed by atoms with Crippen molar-refractivity contribution in [3.05, 3.63) is 35.4 Å². The van der Waals surface area contributed by atoms with Gasteiger partial charge in [0.05, 0.1) is 18.1 Å². The van der Waals surface area contributed by atoms with Gasteiger partial charge in [0.15, 0.2) is 5.78 Å². The van der Waals surface area contributed by atoms with Crippen molar-refractivity contribution < 1.29 is 27.8 Å². The normalized spacial score (nSPS) is 21.0. The highest BCUT2D eigenvalue weighted by atomic mass is 19.1. The predicted octanol–water partition coefficient (Wildman–Crippen LogP) is 3.43. The van der Waals surface area contributed by atoms with Crippen molar-refractivity contribution in [3.63, 3.8) is 0 Å². The van der Waals surface area contributed by atoms with Crippen molar-refractivity contribution in [2.75, 3.05) is 7.11 Å². The van der Waals surface area contributed by atoms with Crippen molar-refractivity contribution >= 4 is 11.8 Å². The lowest BCUT2D eigenvalue weighted by Gasteiger charge is -2.27. The largest absolute Gasteiger partial charge is 0.462 e. The molecule has 1 aliphatic carbocycles. The number of esters is 1. The van der Waals surface area contributed by atoms with Gasteiger partial charge in [0.2, 0.25) is 0 Å². The topological polar surface area (TPSA) is 52.6 Å². The van der Waals surface area contributed by atoms with E-state index in [1.54, 1.807) is 7.11 Å². The second-order valence-corrected chi connectivity index (χ2v) is 5.68. The molecule has 0 amide bonds. The fraction of sp³-hybridized carbons (Fsp3) is 0.529. The van der Waals surface area contributed by atoms with Crippen LogP contribution in [0.5, 0.6) is 0 Å². The fourth-order valence-corrected chi connectivity index (χ4v) is 2.73. The quantitative estimate of drug-likeness (QED) is 0.594. The van der Waals surface area contributed by atoms with Crippen LogP contribution in [0.4, 0.5) is 8.78 Å². The molecule has 1 aromatic carbocycles. The molecule has 0 N–H and O–H groups in total. The zero-order valence-electron chi connectivity index (χ0n) is 13.0. The van der Waals surface area contributed by atoms with Gasteiger partial charge in [0.25, 0.3) is 0 Å². The minimum atomic E-state index is -0.918. The van der Waals surface area contributed by atoms with E-state index < -0.39 is 23.4 Å². The summed E-state index contributed by atoms with van der Waals surface area (Å²) in [5.41, 5.74) is -0.212. The van der Waals surface area contributed by atoms with Crippen LogP contribution in [0, 0.1) is 11.6 Å². The molecule has 1 aromatic rings. The van der Waals surface area contributed by atoms with Gasteiger partial charge in [-0.05, 0) is 31.4 Å². The van der Waals surface area contributed by atoms with Crippen molar-refractivity contribution in [3.8, 4) is 0 Å². The molecule has 2 atom stereocenters. The average molecular weight is 326 g/mol. The van der Waals surface area contributed by atoms with E-state index in [0.717, 1.165) is 31.4 Å². The molecule has 126 valence electrons. The third-order valence-corrected chi connectivity index (χ3v) is 4.00. The second-order valence-electron chi connectivity index (χ2n) is 5.68. The summed E-state index contributed by atoms with van der Waals surface area (Å²) in [4.78, 5) is 23.7. The van der Waals surface area contributed by atoms with Crippen LogP contribution in [0.15, 0.2) is 18.2 Å². The van der Waals surface area contributed by atoms with E-state index in [1.807, 2.05) is 0 Å². The molecule has 1 fully saturated rings. The maximum absolute atomic E-state index is 13.5. The number of hydrogen-bond donors (Lipinski definition) is 0. The smallest absolute Gasteiger partial charge is 0.306 e. The Morgan fingerprint density at radius 1 is 1.17 bits per heavy atom. The number of carbonyl (C=O) groups is 2. The molecule has 2 rings (SSSR count). The summed E-state index contributed by atoms with van der Waals surface area (Å²) in [7, 11) is 1.63. The number of methoxy groups -OCH3 is 1. The molecule has 1 aliphatic rings. The minimum absolute atomic E-state index is 0.0940. The predicted molar refractivity (Wildman–Crippen MR) is 79.1 cm³/mol. The van der Waals surface area contributed by atoms with Crippen LogP contribution < -0.4 is 0 Å². The molecule has 0 radical (unpaired) electrons. The van der Waals surface area contributed by atoms with Gasteiger partial charge in [-0.3, -0.25) is 9.59 Å². The lowest BCUT2D eigenvalue weighted by Crippen LogP contribution is -2.29. The second kappa shape index (κ2) is 8.15. The summed E-state index contributed by atoms with van der Waals surface area (Å²) in [5, 5.41) is 0. The molecular weight excluding hydrogens is 306 g/mol. The third-order valence-electron chi connectivity index (χ3n) is 4.00. The minimum Gasteiger partial charge on any atom is -0.462 e. The zero-order chi connectivity index (χ0) is 16.8. The van der Waals surface area contributed by atoms with Gasteiger partial charge in [-0.2, -0.15) is 0 Å². The van der Waals surface area contributed by atoms with E-state index in [4.69, 9.17) is 9.47 Å². The molecular formula is C17H20F2O4. The summed E-state index contributed by atoms with van der Waals surface area (Å²) in [6, 6.07) is 2.75. The Labute approximate surface area is 133 Å². The zero-order valence-corrected chi connectivity index (χ0v) is 13.0. The Morgan fingerprint density at radius 3 is 2.61 bits per heavy atom. The van der Waals surface area contributed by atoms with Gasteiger partial charge in [-0.25, -0.2) is 8.78 Å². The van der Waals surface area contributed by atoms with Crippen molar-refractivity contribution in [1.82, 2.24) is 0 Å². The summed E-state index contributed by atoms with van der Waals surface area (Å²) >= 11 is 0. The molecule has 0 spiro atoms. The first-order valence-corrected chi connectivity index (χ1v) is 7.70. The Hall–Kier alpha value is -1.82. The number of ketones is 1. The maximum Gasteiger partial charge on any atom is 0.306 e. The average Bonchev–Trinajstić information content (AvgIpc) is 2.53. The Balaban J connectivity index is 1.80. The molecule has 0 aliphatic heterocycles. The number of hydrogen-bond acceptors (Lipinski definition) is 4. The highest BCUT2D eigenvalue weighted by molar-refractivity contribution is 5.97. The molecule has 1 saturated carbocycles. The molecule has 6 heteroatoms. The van der Waals surface area contributed by atoms with Gasteiger partial charge in [-0.1, -0.05) is 0 Å². The summed E-state index contributed by atoms with van der Waals surface area (Å²) in [6.07, 6.45) is 2.93. The SMILES string of the molecule is CO[C@@H]1CCC[C@H](OC(=O)CCC(=O)c2ccc(F)cc2F)C1. The lowest BCUT2D eigenvalue weighted by molar-refractivity contribution is -0.152. The number of carbonyl (C=O) groups excluding carboxylic acids is 2. The molecule has 0 heterocycles. The van der Waals surface area contributed by atoms with E-state index in [0.29, 0.717) is 12.5 Å². The van der Waals surface area contributed by atoms with Crippen molar-refractivity contribution in [2.24, 2.45) is 0 Å². The highest BCUT2D eigenvalue weighted by Gasteiger charge is 2.25. The van der Waals surface area contributed by atoms with E-state index in [9.17, 15) is 18.4 Å². The summed E-state index contributed by atoms with van der Waals surface area (Å²) < 4.78 is 36.9. The number of ether oxygens (including phenoxy) is 2. The lowest BCUT2D eigenvalue weighted by atomic mass is 9.95. The Kier molecular flexibility index (Phi) is 6.21. The first-order valence-electron chi connectivity index (χ1n) is 7.70. The number of halogens is 2. The fourth-order valence-electron chi connectivity index (χ4n) is 2.73. The first kappa shape index (κ1) is 17.5. The number of benzene rings is 1. The highest BCUT2D eigenvalue weighted by Crippen LogP contribution is 2.23. The van der Waals surface area contributed by atoms with Crippen LogP contribution in [-0.4, -0.2) is 31.1 Å². The first-order chi connectivity index (χ1) is 11.0. The van der Waals surface area contributed by atoms with Crippen molar-refractivity contribution in [1.29, 1.82) is 0 Å². The summed E-state index contributed by atoms with van der Waals surface area (Å²) in [5.74, 6) is -2.69. The standard InChI is InChI=1S/C17H20F2O4/c1-22-12-3-2-4-13(10-12)23-17(21)8-7-16(20)14-6-5-11(18)9-15(14)19/h5-6,9,12-13H,2-4,7-8,10H2,1H3/t12-,13+/m1/s1. The van der Waals surface area contributed by atoms with Crippen LogP contribution in [0.1, 0.15) is 48.9 Å². The van der Waals surface area contributed by atoms with E-state index in [1.165, 1.54) is 0 Å². The molecule has 23 heavy (non-hydrogen) atoms. The van der Waals surface area contributed by atoms with E-state index >= 15 is 0 Å². The number of Topliss-reactive ketones (excluding diaryl/α,β-unsaturated/α-hetero) is 1. The van der Waals surface area contributed by atoms with E-state index in [2.05, 4.69) is 0 Å². The molecule has 0 bridgehead atoms. The molecule has 0 aromatic heterocycles. The molecule has 0 unspecified atom stereocenters. The summed E-state index contributed by atoms with van der Waals surface area (Å²) in [6.45, 7) is 0. The van der Waals surface area contributed by atoms with Gasteiger partial charge >= 0.3 is 5.97 Å². The molecule has 0 saturated heterocycles. The van der Waals surface area contributed by atoms with Crippen LogP contribution in [0.2, 0.25) is 0 Å². The van der Waals surface area contributed by atoms with Gasteiger partial charge in [0, 0.05) is 26.0 Å². The third kappa shape index (κ3) is 5.10. The van der Waals surface area contributed by atoms with Crippen molar-refractivity contribution in [2.45, 2.75) is 50.7 Å². The van der Waals surface area contributed by atoms with Crippen LogP contribution in [-0.2, 0) is 14.3 Å². The number of rotatable bonds is 6. The van der Waals surface area contributed by atoms with Crippen LogP contribution in [0.25, 0.3) is 0 Å². The molecule has 4 nitrogen and oxygen atoms in total. The van der Waals surface area contributed by atoms with Gasteiger partial charge in [-0.15, -0.1) is 0 Å². The van der Waals surface area contributed by atoms with E-state index in [-0.39, 0.29) is 30.6 Å². The van der Waals surface area contributed by atoms with Gasteiger partial charge < -0.3 is 9.47 Å². The van der Waals surface area contributed by atoms with Gasteiger partial charge in [0.1, 0.15) is 17.7 Å².